The fourth-order valence-corrected chi connectivity index (χ4v) is 1.47. The first-order chi connectivity index (χ1) is 7.33. The zero-order valence-electron chi connectivity index (χ0n) is 9.32. The molecule has 0 amide bonds. The minimum atomic E-state index is 0.780. The quantitative estimate of drug-likeness (QED) is 0.558. The van der Waals surface area contributed by atoms with Crippen molar-refractivity contribution in [3.63, 3.8) is 0 Å². The minimum Gasteiger partial charge on any atom is -0.493 e. The molecule has 0 heterocycles. The maximum Gasteiger partial charge on any atom is 0.169 e. The summed E-state index contributed by atoms with van der Waals surface area (Å²) in [6.45, 7) is 5.45. The lowest BCUT2D eigenvalue weighted by atomic mass is 10.2. The highest BCUT2D eigenvalue weighted by Crippen LogP contribution is 2.29. The number of quaternary nitrogens is 1. The molecule has 0 aromatic heterocycles. The summed E-state index contributed by atoms with van der Waals surface area (Å²) in [5, 5.41) is 2.16. The lowest BCUT2D eigenvalue weighted by Crippen LogP contribution is -2.82. The Kier molecular flexibility index (Phi) is 4.71. The standard InChI is InChI=1S/C12H17NO2/c1-4-8-13-9-10-6-5-7-11(14-2)12(10)15-3/h4-7,13H,1,8-9H2,2-3H3/p+1. The van der Waals surface area contributed by atoms with Gasteiger partial charge in [0.25, 0.3) is 0 Å². The van der Waals surface area contributed by atoms with E-state index in [1.807, 2.05) is 24.3 Å². The van der Waals surface area contributed by atoms with Gasteiger partial charge in [-0.05, 0) is 18.2 Å². The number of benzene rings is 1. The van der Waals surface area contributed by atoms with Gasteiger partial charge in [-0.25, -0.2) is 0 Å². The van der Waals surface area contributed by atoms with E-state index >= 15 is 0 Å². The summed E-state index contributed by atoms with van der Waals surface area (Å²) >= 11 is 0. The maximum absolute atomic E-state index is 5.33. The van der Waals surface area contributed by atoms with Crippen molar-refractivity contribution in [3.8, 4) is 11.5 Å². The summed E-state index contributed by atoms with van der Waals surface area (Å²) in [7, 11) is 3.31. The number of rotatable bonds is 6. The van der Waals surface area contributed by atoms with E-state index in [2.05, 4.69) is 11.9 Å². The molecule has 0 bridgehead atoms. The lowest BCUT2D eigenvalue weighted by Gasteiger charge is -2.11. The molecule has 2 N–H and O–H groups in total. The summed E-state index contributed by atoms with van der Waals surface area (Å²) < 4.78 is 10.6. The van der Waals surface area contributed by atoms with Crippen LogP contribution in [0.4, 0.5) is 0 Å². The van der Waals surface area contributed by atoms with Crippen molar-refractivity contribution in [2.45, 2.75) is 6.54 Å². The van der Waals surface area contributed by atoms with Gasteiger partial charge in [0.1, 0.15) is 6.54 Å². The third-order valence-electron chi connectivity index (χ3n) is 2.18. The Hall–Kier alpha value is -1.48. The van der Waals surface area contributed by atoms with Crippen LogP contribution < -0.4 is 14.8 Å². The largest absolute Gasteiger partial charge is 0.493 e. The lowest BCUT2D eigenvalue weighted by molar-refractivity contribution is -0.662. The van der Waals surface area contributed by atoms with Crippen molar-refractivity contribution in [3.05, 3.63) is 36.4 Å². The molecule has 0 aliphatic rings. The summed E-state index contributed by atoms with van der Waals surface area (Å²) in [6, 6.07) is 5.91. The first-order valence-corrected chi connectivity index (χ1v) is 4.96. The number of hydrogen-bond acceptors (Lipinski definition) is 2. The van der Waals surface area contributed by atoms with E-state index in [-0.39, 0.29) is 0 Å². The second-order valence-corrected chi connectivity index (χ2v) is 3.17. The molecule has 15 heavy (non-hydrogen) atoms. The second kappa shape index (κ2) is 6.09. The van der Waals surface area contributed by atoms with Crippen molar-refractivity contribution in [1.29, 1.82) is 0 Å². The Morgan fingerprint density at radius 3 is 2.73 bits per heavy atom. The molecule has 0 atom stereocenters. The van der Waals surface area contributed by atoms with Gasteiger partial charge in [0.05, 0.1) is 26.3 Å². The molecule has 0 unspecified atom stereocenters. The van der Waals surface area contributed by atoms with E-state index in [1.54, 1.807) is 14.2 Å². The number of methoxy groups -OCH3 is 2. The molecule has 0 saturated carbocycles. The van der Waals surface area contributed by atoms with Gasteiger partial charge in [0.2, 0.25) is 0 Å². The molecule has 0 aliphatic heterocycles. The molecule has 1 rings (SSSR count). The molecule has 0 spiro atoms. The summed E-state index contributed by atoms with van der Waals surface area (Å²) in [5.41, 5.74) is 1.14. The maximum atomic E-state index is 5.33. The molecule has 3 nitrogen and oxygen atoms in total. The van der Waals surface area contributed by atoms with E-state index in [9.17, 15) is 0 Å². The normalized spacial score (nSPS) is 9.73. The van der Waals surface area contributed by atoms with Crippen LogP contribution in [0.15, 0.2) is 30.9 Å². The van der Waals surface area contributed by atoms with E-state index in [0.29, 0.717) is 0 Å². The molecule has 0 radical (unpaired) electrons. The third kappa shape index (κ3) is 2.99. The van der Waals surface area contributed by atoms with Crippen LogP contribution in [-0.2, 0) is 6.54 Å². The molecule has 82 valence electrons. The van der Waals surface area contributed by atoms with Crippen LogP contribution in [0.25, 0.3) is 0 Å². The van der Waals surface area contributed by atoms with Crippen LogP contribution in [-0.4, -0.2) is 20.8 Å². The molecule has 1 aromatic carbocycles. The number of hydrogen-bond donors (Lipinski definition) is 1. The predicted molar refractivity (Wildman–Crippen MR) is 60.2 cm³/mol. The van der Waals surface area contributed by atoms with Crippen LogP contribution in [0, 0.1) is 0 Å². The molecule has 3 heteroatoms. The van der Waals surface area contributed by atoms with Gasteiger partial charge >= 0.3 is 0 Å². The average molecular weight is 208 g/mol. The fourth-order valence-electron chi connectivity index (χ4n) is 1.47. The first kappa shape index (κ1) is 11.6. The molecular weight excluding hydrogens is 190 g/mol. The van der Waals surface area contributed by atoms with Gasteiger partial charge in [-0.2, -0.15) is 0 Å². The number of nitrogens with two attached hydrogens (primary N) is 1. The Morgan fingerprint density at radius 2 is 2.13 bits per heavy atom. The zero-order chi connectivity index (χ0) is 11.1. The van der Waals surface area contributed by atoms with Crippen LogP contribution in [0.1, 0.15) is 5.56 Å². The molecule has 1 aromatic rings. The summed E-state index contributed by atoms with van der Waals surface area (Å²) in [6.07, 6.45) is 1.88. The van der Waals surface area contributed by atoms with E-state index in [0.717, 1.165) is 30.2 Å². The Balaban J connectivity index is 2.81. The summed E-state index contributed by atoms with van der Waals surface area (Å²) in [4.78, 5) is 0. The van der Waals surface area contributed by atoms with Crippen molar-refractivity contribution >= 4 is 0 Å². The second-order valence-electron chi connectivity index (χ2n) is 3.17. The van der Waals surface area contributed by atoms with Crippen molar-refractivity contribution in [1.82, 2.24) is 0 Å². The monoisotopic (exact) mass is 208 g/mol. The van der Waals surface area contributed by atoms with Gasteiger partial charge < -0.3 is 14.8 Å². The van der Waals surface area contributed by atoms with Gasteiger partial charge in [0, 0.05) is 0 Å². The fraction of sp³-hybridized carbons (Fsp3) is 0.333. The van der Waals surface area contributed by atoms with Gasteiger partial charge in [-0.1, -0.05) is 12.6 Å². The number of para-hydroxylation sites is 1. The highest BCUT2D eigenvalue weighted by molar-refractivity contribution is 5.46. The van der Waals surface area contributed by atoms with Crippen LogP contribution in [0.5, 0.6) is 11.5 Å². The van der Waals surface area contributed by atoms with Crippen molar-refractivity contribution in [2.75, 3.05) is 20.8 Å². The zero-order valence-corrected chi connectivity index (χ0v) is 9.32. The molecule has 0 saturated heterocycles. The van der Waals surface area contributed by atoms with Gasteiger partial charge in [-0.15, -0.1) is 0 Å². The molecule has 0 fully saturated rings. The Morgan fingerprint density at radius 1 is 1.33 bits per heavy atom. The van der Waals surface area contributed by atoms with Gasteiger partial charge in [0.15, 0.2) is 11.5 Å². The summed E-state index contributed by atoms with van der Waals surface area (Å²) in [5.74, 6) is 1.60. The Labute approximate surface area is 90.7 Å². The average Bonchev–Trinajstić information content (AvgIpc) is 2.29. The molecule has 0 aliphatic carbocycles. The minimum absolute atomic E-state index is 0.780. The van der Waals surface area contributed by atoms with Gasteiger partial charge in [-0.3, -0.25) is 0 Å². The SMILES string of the molecule is C=CC[NH2+]Cc1cccc(OC)c1OC. The first-order valence-electron chi connectivity index (χ1n) is 4.96. The highest BCUT2D eigenvalue weighted by Gasteiger charge is 2.09. The van der Waals surface area contributed by atoms with E-state index in [4.69, 9.17) is 9.47 Å². The predicted octanol–water partition coefficient (Wildman–Crippen LogP) is 0.953. The highest BCUT2D eigenvalue weighted by atomic mass is 16.5. The topological polar surface area (TPSA) is 35.1 Å². The van der Waals surface area contributed by atoms with Crippen LogP contribution in [0.2, 0.25) is 0 Å². The van der Waals surface area contributed by atoms with Crippen LogP contribution in [0.3, 0.4) is 0 Å². The smallest absolute Gasteiger partial charge is 0.169 e. The third-order valence-corrected chi connectivity index (χ3v) is 2.18. The van der Waals surface area contributed by atoms with E-state index in [1.165, 1.54) is 0 Å². The molecular formula is C12H18NO2+. The van der Waals surface area contributed by atoms with Crippen molar-refractivity contribution in [2.24, 2.45) is 0 Å². The van der Waals surface area contributed by atoms with Crippen LogP contribution >= 0.6 is 0 Å². The van der Waals surface area contributed by atoms with Crippen molar-refractivity contribution < 1.29 is 14.8 Å². The number of ether oxygens (including phenoxy) is 2. The Bertz CT molecular complexity index is 323. The van der Waals surface area contributed by atoms with E-state index < -0.39 is 0 Å².